The zero-order chi connectivity index (χ0) is 17.5. The number of hydrogen-bond donors (Lipinski definition) is 2. The van der Waals surface area contributed by atoms with Crippen molar-refractivity contribution in [3.8, 4) is 5.75 Å². The maximum atomic E-state index is 12.5. The fourth-order valence-electron chi connectivity index (χ4n) is 2.55. The highest BCUT2D eigenvalue weighted by atomic mass is 16.5. The molecule has 0 aliphatic heterocycles. The highest BCUT2D eigenvalue weighted by Crippen LogP contribution is 2.29. The number of nitrogens with zero attached hydrogens (tertiary/aromatic N) is 3. The van der Waals surface area contributed by atoms with E-state index in [-0.39, 0.29) is 12.1 Å². The van der Waals surface area contributed by atoms with Crippen molar-refractivity contribution < 1.29 is 9.53 Å². The maximum Gasteiger partial charge on any atom is 0.318 e. The van der Waals surface area contributed by atoms with Crippen LogP contribution in [0.3, 0.4) is 0 Å². The number of methoxy groups -OCH3 is 1. The molecule has 2 rings (SSSR count). The predicted octanol–water partition coefficient (Wildman–Crippen LogP) is 2.74. The molecule has 0 fully saturated rings. The summed E-state index contributed by atoms with van der Waals surface area (Å²) < 4.78 is 5.45. The van der Waals surface area contributed by atoms with E-state index in [9.17, 15) is 4.79 Å². The van der Waals surface area contributed by atoms with E-state index in [1.807, 2.05) is 24.3 Å². The lowest BCUT2D eigenvalue weighted by atomic mass is 9.96. The lowest BCUT2D eigenvalue weighted by molar-refractivity contribution is 0.199. The lowest BCUT2D eigenvalue weighted by Crippen LogP contribution is -2.39. The van der Waals surface area contributed by atoms with Gasteiger partial charge in [0, 0.05) is 12.6 Å². The Morgan fingerprint density at radius 2 is 2.12 bits per heavy atom. The Labute approximate surface area is 142 Å². The molecule has 0 saturated carbocycles. The molecule has 0 radical (unpaired) electrons. The Morgan fingerprint density at radius 3 is 2.75 bits per heavy atom. The van der Waals surface area contributed by atoms with E-state index in [2.05, 4.69) is 34.3 Å². The molecule has 1 aromatic heterocycles. The van der Waals surface area contributed by atoms with Crippen LogP contribution in [0, 0.1) is 5.92 Å². The van der Waals surface area contributed by atoms with Crippen LogP contribution >= 0.6 is 0 Å². The minimum atomic E-state index is -0.164. The van der Waals surface area contributed by atoms with Crippen molar-refractivity contribution in [3.63, 3.8) is 0 Å². The third-order valence-corrected chi connectivity index (χ3v) is 3.72. The largest absolute Gasteiger partial charge is 0.496 e. The molecule has 24 heavy (non-hydrogen) atoms. The van der Waals surface area contributed by atoms with Crippen molar-refractivity contribution in [1.82, 2.24) is 25.4 Å². The molecule has 0 spiro atoms. The molecule has 130 valence electrons. The second-order valence-electron chi connectivity index (χ2n) is 6.16. The van der Waals surface area contributed by atoms with E-state index in [1.54, 1.807) is 19.1 Å². The van der Waals surface area contributed by atoms with Crippen LogP contribution < -0.4 is 10.1 Å². The van der Waals surface area contributed by atoms with Crippen LogP contribution in [0.15, 0.2) is 30.6 Å². The van der Waals surface area contributed by atoms with Gasteiger partial charge in [0.25, 0.3) is 0 Å². The lowest BCUT2D eigenvalue weighted by Gasteiger charge is -2.26. The van der Waals surface area contributed by atoms with Gasteiger partial charge in [-0.1, -0.05) is 32.0 Å². The molecule has 0 aliphatic carbocycles. The maximum absolute atomic E-state index is 12.5. The van der Waals surface area contributed by atoms with Crippen LogP contribution in [0.4, 0.5) is 4.79 Å². The number of aromatic nitrogens is 3. The molecule has 7 nitrogen and oxygen atoms in total. The fraction of sp³-hybridized carbons (Fsp3) is 0.471. The van der Waals surface area contributed by atoms with Crippen LogP contribution in [-0.2, 0) is 6.54 Å². The number of aromatic amines is 1. The van der Waals surface area contributed by atoms with Crippen molar-refractivity contribution in [2.24, 2.45) is 5.92 Å². The number of urea groups is 1. The average molecular weight is 331 g/mol. The van der Waals surface area contributed by atoms with Gasteiger partial charge in [0.15, 0.2) is 0 Å². The molecule has 1 atom stereocenters. The molecule has 2 aromatic rings. The van der Waals surface area contributed by atoms with Crippen molar-refractivity contribution in [3.05, 3.63) is 42.0 Å². The Hall–Kier alpha value is -2.57. The number of carbonyl (C=O) groups excluding carboxylic acids is 1. The SMILES string of the molecule is COc1ccccc1[C@H](CC(C)C)NC(=O)N(C)Cc1ncn[nH]1. The normalized spacial score (nSPS) is 12.0. The molecule has 7 heteroatoms. The summed E-state index contributed by atoms with van der Waals surface area (Å²) in [6, 6.07) is 7.49. The highest BCUT2D eigenvalue weighted by Gasteiger charge is 2.21. The monoisotopic (exact) mass is 331 g/mol. The van der Waals surface area contributed by atoms with Gasteiger partial charge >= 0.3 is 6.03 Å². The quantitative estimate of drug-likeness (QED) is 0.817. The number of H-pyrrole nitrogens is 1. The van der Waals surface area contributed by atoms with Gasteiger partial charge < -0.3 is 15.0 Å². The summed E-state index contributed by atoms with van der Waals surface area (Å²) in [4.78, 5) is 18.2. The summed E-state index contributed by atoms with van der Waals surface area (Å²) in [5.41, 5.74) is 0.982. The molecule has 2 N–H and O–H groups in total. The Kier molecular flexibility index (Phi) is 6.17. The standard InChI is InChI=1S/C17H25N5O2/c1-12(2)9-14(13-7-5-6-8-15(13)24-4)20-17(23)22(3)10-16-18-11-19-21-16/h5-8,11-12,14H,9-10H2,1-4H3,(H,20,23)(H,18,19,21)/t14-/m0/s1. The Bertz CT molecular complexity index is 642. The van der Waals surface area contributed by atoms with Gasteiger partial charge in [-0.3, -0.25) is 5.10 Å². The van der Waals surface area contributed by atoms with Crippen molar-refractivity contribution in [2.75, 3.05) is 14.2 Å². The summed E-state index contributed by atoms with van der Waals surface area (Å²) in [6.45, 7) is 4.63. The van der Waals surface area contributed by atoms with Crippen molar-refractivity contribution in [1.29, 1.82) is 0 Å². The zero-order valence-electron chi connectivity index (χ0n) is 14.6. The topological polar surface area (TPSA) is 83.1 Å². The van der Waals surface area contributed by atoms with Crippen molar-refractivity contribution in [2.45, 2.75) is 32.9 Å². The van der Waals surface area contributed by atoms with Crippen LogP contribution in [0.5, 0.6) is 5.75 Å². The van der Waals surface area contributed by atoms with Crippen LogP contribution in [0.2, 0.25) is 0 Å². The number of rotatable bonds is 7. The number of nitrogens with one attached hydrogen (secondary N) is 2. The first kappa shape index (κ1) is 17.8. The molecular weight excluding hydrogens is 306 g/mol. The second-order valence-corrected chi connectivity index (χ2v) is 6.16. The van der Waals surface area contributed by atoms with Gasteiger partial charge in [-0.25, -0.2) is 9.78 Å². The average Bonchev–Trinajstić information content (AvgIpc) is 3.06. The van der Waals surface area contributed by atoms with E-state index in [4.69, 9.17) is 4.74 Å². The third kappa shape index (κ3) is 4.71. The number of carbonyl (C=O) groups is 1. The third-order valence-electron chi connectivity index (χ3n) is 3.72. The highest BCUT2D eigenvalue weighted by molar-refractivity contribution is 5.74. The fourth-order valence-corrected chi connectivity index (χ4v) is 2.55. The Balaban J connectivity index is 2.11. The number of benzene rings is 1. The molecule has 1 aromatic carbocycles. The molecule has 0 bridgehead atoms. The number of hydrogen-bond acceptors (Lipinski definition) is 4. The zero-order valence-corrected chi connectivity index (χ0v) is 14.6. The van der Waals surface area contributed by atoms with Gasteiger partial charge in [0.2, 0.25) is 0 Å². The van der Waals surface area contributed by atoms with E-state index in [0.29, 0.717) is 18.3 Å². The van der Waals surface area contributed by atoms with E-state index in [0.717, 1.165) is 17.7 Å². The summed E-state index contributed by atoms with van der Waals surface area (Å²) in [6.07, 6.45) is 2.25. The first-order valence-corrected chi connectivity index (χ1v) is 8.00. The van der Waals surface area contributed by atoms with Gasteiger partial charge in [0.1, 0.15) is 17.9 Å². The molecule has 1 heterocycles. The summed E-state index contributed by atoms with van der Waals surface area (Å²) in [5.74, 6) is 1.85. The smallest absolute Gasteiger partial charge is 0.318 e. The van der Waals surface area contributed by atoms with Crippen molar-refractivity contribution >= 4 is 6.03 Å². The van der Waals surface area contributed by atoms with Gasteiger partial charge in [0.05, 0.1) is 19.7 Å². The molecule has 2 amide bonds. The van der Waals surface area contributed by atoms with Gasteiger partial charge in [-0.05, 0) is 18.4 Å². The van der Waals surface area contributed by atoms with E-state index < -0.39 is 0 Å². The molecular formula is C17H25N5O2. The second kappa shape index (κ2) is 8.33. The first-order chi connectivity index (χ1) is 11.5. The Morgan fingerprint density at radius 1 is 1.38 bits per heavy atom. The summed E-state index contributed by atoms with van der Waals surface area (Å²) in [7, 11) is 3.37. The van der Waals surface area contributed by atoms with E-state index >= 15 is 0 Å². The molecule has 0 unspecified atom stereocenters. The minimum Gasteiger partial charge on any atom is -0.496 e. The number of para-hydroxylation sites is 1. The van der Waals surface area contributed by atoms with Crippen LogP contribution in [0.25, 0.3) is 0 Å². The van der Waals surface area contributed by atoms with Crippen LogP contribution in [-0.4, -0.2) is 40.3 Å². The molecule has 0 aliphatic rings. The number of amides is 2. The van der Waals surface area contributed by atoms with Crippen LogP contribution in [0.1, 0.15) is 37.7 Å². The van der Waals surface area contributed by atoms with Gasteiger partial charge in [-0.2, -0.15) is 5.10 Å². The predicted molar refractivity (Wildman–Crippen MR) is 91.6 cm³/mol. The van der Waals surface area contributed by atoms with E-state index in [1.165, 1.54) is 6.33 Å². The van der Waals surface area contributed by atoms with Gasteiger partial charge in [-0.15, -0.1) is 0 Å². The first-order valence-electron chi connectivity index (χ1n) is 8.00. The molecule has 0 saturated heterocycles. The number of ether oxygens (including phenoxy) is 1. The minimum absolute atomic E-state index is 0.120. The summed E-state index contributed by atoms with van der Waals surface area (Å²) in [5, 5.41) is 9.65. The summed E-state index contributed by atoms with van der Waals surface area (Å²) >= 11 is 0.